The number of para-hydroxylation sites is 1. The summed E-state index contributed by atoms with van der Waals surface area (Å²) in [4.78, 5) is 10.6. The highest BCUT2D eigenvalue weighted by molar-refractivity contribution is 5.75. The summed E-state index contributed by atoms with van der Waals surface area (Å²) >= 11 is 0. The highest BCUT2D eigenvalue weighted by atomic mass is 16.5. The molecule has 15 heavy (non-hydrogen) atoms. The van der Waals surface area contributed by atoms with Crippen LogP contribution in [-0.4, -0.2) is 12.5 Å². The smallest absolute Gasteiger partial charge is 0.255 e. The molecule has 0 aliphatic rings. The summed E-state index contributed by atoms with van der Waals surface area (Å²) in [6.45, 7) is 4.23. The minimum atomic E-state index is -0.450. The van der Waals surface area contributed by atoms with E-state index in [4.69, 9.17) is 10.5 Å². The molecule has 0 saturated carbocycles. The molecule has 0 unspecified atom stereocenters. The van der Waals surface area contributed by atoms with Crippen molar-refractivity contribution in [2.75, 3.05) is 6.61 Å². The maximum Gasteiger partial charge on any atom is 0.255 e. The number of carbonyl (C=O) groups excluding carboxylic acids is 1. The minimum absolute atomic E-state index is 0.0604. The molecule has 1 rings (SSSR count). The Bertz CT molecular complexity index is 334. The number of hydrogen-bond acceptors (Lipinski definition) is 2. The molecule has 0 aliphatic carbocycles. The zero-order chi connectivity index (χ0) is 11.3. The number of benzene rings is 1. The molecule has 0 saturated heterocycles. The van der Waals surface area contributed by atoms with Gasteiger partial charge in [0.25, 0.3) is 5.91 Å². The summed E-state index contributed by atoms with van der Waals surface area (Å²) in [5.74, 6) is 0.864. The normalized spacial score (nSPS) is 10.3. The Morgan fingerprint density at radius 3 is 2.67 bits per heavy atom. The van der Waals surface area contributed by atoms with Crippen LogP contribution < -0.4 is 10.5 Å². The Kier molecular flexibility index (Phi) is 4.16. The molecule has 0 aliphatic heterocycles. The highest BCUT2D eigenvalue weighted by Crippen LogP contribution is 2.20. The van der Waals surface area contributed by atoms with Crippen LogP contribution in [0.25, 0.3) is 0 Å². The van der Waals surface area contributed by atoms with Crippen molar-refractivity contribution in [2.24, 2.45) is 11.7 Å². The zero-order valence-electron chi connectivity index (χ0n) is 9.19. The van der Waals surface area contributed by atoms with Crippen molar-refractivity contribution < 1.29 is 9.53 Å². The van der Waals surface area contributed by atoms with Crippen molar-refractivity contribution in [3.05, 3.63) is 29.8 Å². The molecular formula is C12H17NO2. The van der Waals surface area contributed by atoms with Gasteiger partial charge in [0.2, 0.25) is 0 Å². The highest BCUT2D eigenvalue weighted by Gasteiger charge is 2.05. The van der Waals surface area contributed by atoms with Gasteiger partial charge < -0.3 is 10.5 Å². The van der Waals surface area contributed by atoms with Crippen LogP contribution in [0.15, 0.2) is 24.3 Å². The molecule has 0 radical (unpaired) electrons. The number of carbonyl (C=O) groups is 1. The lowest BCUT2D eigenvalue weighted by molar-refractivity contribution is -0.119. The number of rotatable bonds is 5. The quantitative estimate of drug-likeness (QED) is 0.799. The Hall–Kier alpha value is -1.51. The van der Waals surface area contributed by atoms with Crippen LogP contribution in [0.4, 0.5) is 0 Å². The van der Waals surface area contributed by atoms with E-state index in [-0.39, 0.29) is 6.61 Å². The van der Waals surface area contributed by atoms with E-state index in [2.05, 4.69) is 13.8 Å². The van der Waals surface area contributed by atoms with Crippen LogP contribution in [-0.2, 0) is 11.2 Å². The molecule has 82 valence electrons. The lowest BCUT2D eigenvalue weighted by Crippen LogP contribution is -2.20. The number of amides is 1. The van der Waals surface area contributed by atoms with Crippen molar-refractivity contribution in [3.8, 4) is 5.75 Å². The lowest BCUT2D eigenvalue weighted by atomic mass is 10.0. The summed E-state index contributed by atoms with van der Waals surface area (Å²) in [7, 11) is 0. The van der Waals surface area contributed by atoms with E-state index < -0.39 is 5.91 Å². The van der Waals surface area contributed by atoms with Gasteiger partial charge in [-0.25, -0.2) is 0 Å². The fourth-order valence-corrected chi connectivity index (χ4v) is 1.40. The topological polar surface area (TPSA) is 52.3 Å². The van der Waals surface area contributed by atoms with E-state index in [1.54, 1.807) is 0 Å². The number of nitrogens with two attached hydrogens (primary N) is 1. The van der Waals surface area contributed by atoms with E-state index in [0.29, 0.717) is 5.92 Å². The van der Waals surface area contributed by atoms with Gasteiger partial charge in [-0.05, 0) is 24.0 Å². The Morgan fingerprint density at radius 2 is 2.07 bits per heavy atom. The second kappa shape index (κ2) is 5.39. The molecule has 0 aromatic heterocycles. The monoisotopic (exact) mass is 207 g/mol. The summed E-state index contributed by atoms with van der Waals surface area (Å²) in [6, 6.07) is 7.73. The van der Waals surface area contributed by atoms with Gasteiger partial charge in [-0.3, -0.25) is 4.79 Å². The molecule has 3 heteroatoms. The Labute approximate surface area is 90.2 Å². The van der Waals surface area contributed by atoms with Crippen molar-refractivity contribution in [2.45, 2.75) is 20.3 Å². The van der Waals surface area contributed by atoms with Crippen LogP contribution in [0.2, 0.25) is 0 Å². The van der Waals surface area contributed by atoms with Crippen LogP contribution in [0.3, 0.4) is 0 Å². The standard InChI is InChI=1S/C12H17NO2/c1-9(2)7-10-5-3-4-6-11(10)15-8-12(13)14/h3-6,9H,7-8H2,1-2H3,(H2,13,14). The fourth-order valence-electron chi connectivity index (χ4n) is 1.40. The lowest BCUT2D eigenvalue weighted by Gasteiger charge is -2.11. The molecule has 0 bridgehead atoms. The first-order chi connectivity index (χ1) is 7.09. The van der Waals surface area contributed by atoms with Gasteiger partial charge >= 0.3 is 0 Å². The third kappa shape index (κ3) is 4.02. The van der Waals surface area contributed by atoms with Crippen molar-refractivity contribution in [1.29, 1.82) is 0 Å². The van der Waals surface area contributed by atoms with E-state index in [0.717, 1.165) is 17.7 Å². The first kappa shape index (κ1) is 11.6. The molecule has 2 N–H and O–H groups in total. The van der Waals surface area contributed by atoms with Gasteiger partial charge in [-0.1, -0.05) is 32.0 Å². The Morgan fingerprint density at radius 1 is 1.40 bits per heavy atom. The summed E-state index contributed by atoms with van der Waals surface area (Å²) in [5, 5.41) is 0. The molecule has 0 heterocycles. The summed E-state index contributed by atoms with van der Waals surface area (Å²) in [5.41, 5.74) is 6.15. The molecule has 0 atom stereocenters. The molecule has 1 amide bonds. The van der Waals surface area contributed by atoms with Crippen LogP contribution in [0.1, 0.15) is 19.4 Å². The molecule has 1 aromatic rings. The van der Waals surface area contributed by atoms with Gasteiger partial charge in [0.1, 0.15) is 5.75 Å². The van der Waals surface area contributed by atoms with Crippen molar-refractivity contribution in [1.82, 2.24) is 0 Å². The third-order valence-corrected chi connectivity index (χ3v) is 1.97. The summed E-state index contributed by atoms with van der Waals surface area (Å²) < 4.78 is 5.32. The largest absolute Gasteiger partial charge is 0.484 e. The first-order valence-electron chi connectivity index (χ1n) is 5.08. The number of primary amides is 1. The van der Waals surface area contributed by atoms with Gasteiger partial charge in [0, 0.05) is 0 Å². The van der Waals surface area contributed by atoms with Crippen molar-refractivity contribution >= 4 is 5.91 Å². The van der Waals surface area contributed by atoms with Crippen molar-refractivity contribution in [3.63, 3.8) is 0 Å². The average molecular weight is 207 g/mol. The maximum absolute atomic E-state index is 10.6. The van der Waals surface area contributed by atoms with Crippen LogP contribution in [0.5, 0.6) is 5.75 Å². The average Bonchev–Trinajstić information content (AvgIpc) is 2.15. The maximum atomic E-state index is 10.6. The van der Waals surface area contributed by atoms with E-state index in [9.17, 15) is 4.79 Å². The third-order valence-electron chi connectivity index (χ3n) is 1.97. The number of hydrogen-bond donors (Lipinski definition) is 1. The summed E-state index contributed by atoms with van der Waals surface area (Å²) in [6.07, 6.45) is 0.939. The van der Waals surface area contributed by atoms with Crippen LogP contribution >= 0.6 is 0 Å². The second-order valence-electron chi connectivity index (χ2n) is 3.96. The van der Waals surface area contributed by atoms with E-state index >= 15 is 0 Å². The zero-order valence-corrected chi connectivity index (χ0v) is 9.19. The Balaban J connectivity index is 2.72. The predicted molar refractivity (Wildman–Crippen MR) is 59.7 cm³/mol. The fraction of sp³-hybridized carbons (Fsp3) is 0.417. The molecule has 0 fully saturated rings. The van der Waals surface area contributed by atoms with Gasteiger partial charge in [0.05, 0.1) is 0 Å². The molecule has 0 spiro atoms. The first-order valence-corrected chi connectivity index (χ1v) is 5.08. The SMILES string of the molecule is CC(C)Cc1ccccc1OCC(N)=O. The van der Waals surface area contributed by atoms with Crippen LogP contribution in [0, 0.1) is 5.92 Å². The van der Waals surface area contributed by atoms with Gasteiger partial charge in [-0.2, -0.15) is 0 Å². The predicted octanol–water partition coefficient (Wildman–Crippen LogP) is 1.75. The van der Waals surface area contributed by atoms with Gasteiger partial charge in [-0.15, -0.1) is 0 Å². The molecule has 1 aromatic carbocycles. The second-order valence-corrected chi connectivity index (χ2v) is 3.96. The number of ether oxygens (including phenoxy) is 1. The molecular weight excluding hydrogens is 190 g/mol. The van der Waals surface area contributed by atoms with Gasteiger partial charge in [0.15, 0.2) is 6.61 Å². The van der Waals surface area contributed by atoms with E-state index in [1.807, 2.05) is 24.3 Å². The minimum Gasteiger partial charge on any atom is -0.484 e. The van der Waals surface area contributed by atoms with E-state index in [1.165, 1.54) is 0 Å². The molecule has 3 nitrogen and oxygen atoms in total.